The van der Waals surface area contributed by atoms with Crippen molar-refractivity contribution < 1.29 is 8.42 Å². The number of nitrogens with zero attached hydrogens (tertiary/aromatic N) is 1. The molecule has 25 heavy (non-hydrogen) atoms. The summed E-state index contributed by atoms with van der Waals surface area (Å²) >= 11 is 0. The van der Waals surface area contributed by atoms with Crippen LogP contribution in [-0.2, 0) is 23.1 Å². The van der Waals surface area contributed by atoms with E-state index in [-0.39, 0.29) is 6.04 Å². The summed E-state index contributed by atoms with van der Waals surface area (Å²) in [6, 6.07) is 13.5. The summed E-state index contributed by atoms with van der Waals surface area (Å²) in [5.41, 5.74) is 4.91. The molecule has 136 valence electrons. The molecule has 0 fully saturated rings. The van der Waals surface area contributed by atoms with E-state index in [1.165, 1.54) is 21.0 Å². The molecule has 0 atom stereocenters. The van der Waals surface area contributed by atoms with Gasteiger partial charge in [0.05, 0.1) is 4.90 Å². The molecule has 0 spiro atoms. The fourth-order valence-corrected chi connectivity index (χ4v) is 3.86. The van der Waals surface area contributed by atoms with Gasteiger partial charge < -0.3 is 5.32 Å². The van der Waals surface area contributed by atoms with Gasteiger partial charge in [-0.05, 0) is 62.1 Å². The van der Waals surface area contributed by atoms with E-state index in [4.69, 9.17) is 0 Å². The van der Waals surface area contributed by atoms with Gasteiger partial charge in [0.15, 0.2) is 0 Å². The minimum absolute atomic E-state index is 0.0655. The summed E-state index contributed by atoms with van der Waals surface area (Å²) in [5.74, 6) is 0. The maximum absolute atomic E-state index is 12.5. The van der Waals surface area contributed by atoms with Crippen LogP contribution in [0.25, 0.3) is 0 Å². The number of rotatable bonds is 7. The predicted molar refractivity (Wildman–Crippen MR) is 103 cm³/mol. The third-order valence-corrected chi connectivity index (χ3v) is 6.60. The monoisotopic (exact) mass is 360 g/mol. The van der Waals surface area contributed by atoms with Crippen molar-refractivity contribution in [3.05, 3.63) is 64.7 Å². The zero-order chi connectivity index (χ0) is 18.6. The van der Waals surface area contributed by atoms with Gasteiger partial charge in [-0.3, -0.25) is 0 Å². The number of hydrogen-bond acceptors (Lipinski definition) is 3. The molecular formula is C20H28N2O2S. The molecule has 2 rings (SSSR count). The van der Waals surface area contributed by atoms with E-state index in [0.29, 0.717) is 11.4 Å². The largest absolute Gasteiger partial charge is 0.309 e. The van der Waals surface area contributed by atoms with Crippen LogP contribution in [0, 0.1) is 13.8 Å². The van der Waals surface area contributed by atoms with Gasteiger partial charge in [-0.25, -0.2) is 8.42 Å². The topological polar surface area (TPSA) is 49.4 Å². The Hall–Kier alpha value is -1.69. The molecule has 0 aromatic heterocycles. The second kappa shape index (κ2) is 8.13. The molecule has 1 N–H and O–H groups in total. The molecular weight excluding hydrogens is 332 g/mol. The molecule has 0 heterocycles. The van der Waals surface area contributed by atoms with Crippen molar-refractivity contribution in [2.24, 2.45) is 0 Å². The van der Waals surface area contributed by atoms with E-state index in [1.54, 1.807) is 19.2 Å². The number of sulfonamides is 1. The Labute approximate surface area is 151 Å². The van der Waals surface area contributed by atoms with Crippen molar-refractivity contribution in [3.8, 4) is 0 Å². The smallest absolute Gasteiger partial charge is 0.243 e. The summed E-state index contributed by atoms with van der Waals surface area (Å²) in [4.78, 5) is 0.335. The molecule has 2 aromatic carbocycles. The van der Waals surface area contributed by atoms with Gasteiger partial charge in [0.25, 0.3) is 0 Å². The molecule has 0 saturated heterocycles. The number of hydrogen-bond donors (Lipinski definition) is 1. The highest BCUT2D eigenvalue weighted by molar-refractivity contribution is 7.89. The van der Waals surface area contributed by atoms with Crippen molar-refractivity contribution in [2.75, 3.05) is 7.05 Å². The number of aryl methyl sites for hydroxylation is 2. The van der Waals surface area contributed by atoms with E-state index < -0.39 is 10.0 Å². The Bertz CT molecular complexity index is 812. The summed E-state index contributed by atoms with van der Waals surface area (Å²) in [7, 11) is -1.80. The van der Waals surface area contributed by atoms with Crippen LogP contribution in [0.2, 0.25) is 0 Å². The highest BCUT2D eigenvalue weighted by Crippen LogP contribution is 2.17. The van der Waals surface area contributed by atoms with Crippen LogP contribution in [0.1, 0.15) is 36.1 Å². The summed E-state index contributed by atoms with van der Waals surface area (Å²) in [5, 5.41) is 3.40. The van der Waals surface area contributed by atoms with Gasteiger partial charge in [-0.1, -0.05) is 30.3 Å². The summed E-state index contributed by atoms with van der Waals surface area (Å²) in [6.07, 6.45) is 0. The second-order valence-electron chi connectivity index (χ2n) is 6.78. The van der Waals surface area contributed by atoms with Gasteiger partial charge in [0.2, 0.25) is 10.0 Å². The molecule has 0 bridgehead atoms. The molecule has 0 saturated carbocycles. The first-order valence-corrected chi connectivity index (χ1v) is 9.99. The lowest BCUT2D eigenvalue weighted by atomic mass is 10.1. The van der Waals surface area contributed by atoms with Crippen LogP contribution in [0.3, 0.4) is 0 Å². The lowest BCUT2D eigenvalue weighted by Gasteiger charge is -2.21. The third-order valence-electron chi connectivity index (χ3n) is 4.56. The quantitative estimate of drug-likeness (QED) is 0.820. The average Bonchev–Trinajstić information content (AvgIpc) is 2.57. The minimum atomic E-state index is -3.41. The Kier molecular flexibility index (Phi) is 6.38. The lowest BCUT2D eigenvalue weighted by molar-refractivity contribution is 0.410. The van der Waals surface area contributed by atoms with Crippen molar-refractivity contribution in [2.45, 2.75) is 51.7 Å². The molecule has 2 aromatic rings. The van der Waals surface area contributed by atoms with Gasteiger partial charge in [0.1, 0.15) is 0 Å². The van der Waals surface area contributed by atoms with Gasteiger partial charge in [-0.2, -0.15) is 4.31 Å². The zero-order valence-corrected chi connectivity index (χ0v) is 16.5. The first-order valence-electron chi connectivity index (χ1n) is 8.55. The van der Waals surface area contributed by atoms with Crippen molar-refractivity contribution in [1.82, 2.24) is 9.62 Å². The van der Waals surface area contributed by atoms with Crippen LogP contribution in [0.5, 0.6) is 0 Å². The predicted octanol–water partition coefficient (Wildman–Crippen LogP) is 3.62. The third kappa shape index (κ3) is 4.91. The molecule has 0 aliphatic carbocycles. The normalized spacial score (nSPS) is 12.1. The first-order chi connectivity index (χ1) is 11.7. The Morgan fingerprint density at radius 2 is 1.48 bits per heavy atom. The van der Waals surface area contributed by atoms with Crippen LogP contribution in [0.15, 0.2) is 47.4 Å². The number of nitrogens with one attached hydrogen (secondary N) is 1. The van der Waals surface area contributed by atoms with Crippen LogP contribution >= 0.6 is 0 Å². The van der Waals surface area contributed by atoms with E-state index >= 15 is 0 Å². The molecule has 0 aliphatic rings. The van der Waals surface area contributed by atoms with E-state index in [0.717, 1.165) is 12.1 Å². The van der Waals surface area contributed by atoms with Gasteiger partial charge in [-0.15, -0.1) is 0 Å². The van der Waals surface area contributed by atoms with E-state index in [1.807, 2.05) is 26.0 Å². The highest BCUT2D eigenvalue weighted by Gasteiger charge is 2.22. The van der Waals surface area contributed by atoms with Crippen molar-refractivity contribution in [3.63, 3.8) is 0 Å². The Morgan fingerprint density at radius 1 is 0.920 bits per heavy atom. The fraction of sp³-hybridized carbons (Fsp3) is 0.400. The molecule has 5 heteroatoms. The maximum Gasteiger partial charge on any atom is 0.243 e. The standard InChI is InChI=1S/C20H28N2O2S/c1-15(2)22(5)25(23,24)20-10-8-18(9-11-20)13-21-14-19-7-6-16(3)17(4)12-19/h6-12,15,21H,13-14H2,1-5H3. The zero-order valence-electron chi connectivity index (χ0n) is 15.7. The van der Waals surface area contributed by atoms with Gasteiger partial charge >= 0.3 is 0 Å². The van der Waals surface area contributed by atoms with E-state index in [9.17, 15) is 8.42 Å². The molecule has 4 nitrogen and oxygen atoms in total. The minimum Gasteiger partial charge on any atom is -0.309 e. The highest BCUT2D eigenvalue weighted by atomic mass is 32.2. The van der Waals surface area contributed by atoms with Crippen molar-refractivity contribution >= 4 is 10.0 Å². The lowest BCUT2D eigenvalue weighted by Crippen LogP contribution is -2.33. The van der Waals surface area contributed by atoms with Crippen LogP contribution in [-0.4, -0.2) is 25.8 Å². The second-order valence-corrected chi connectivity index (χ2v) is 8.78. The van der Waals surface area contributed by atoms with Crippen LogP contribution < -0.4 is 5.32 Å². The number of benzene rings is 2. The van der Waals surface area contributed by atoms with Crippen molar-refractivity contribution in [1.29, 1.82) is 0 Å². The molecule has 0 amide bonds. The molecule has 0 radical (unpaired) electrons. The Morgan fingerprint density at radius 3 is 2.04 bits per heavy atom. The summed E-state index contributed by atoms with van der Waals surface area (Å²) in [6.45, 7) is 9.45. The molecule has 0 aliphatic heterocycles. The first kappa shape index (κ1) is 19.6. The van der Waals surface area contributed by atoms with Gasteiger partial charge in [0, 0.05) is 26.2 Å². The summed E-state index contributed by atoms with van der Waals surface area (Å²) < 4.78 is 26.3. The fourth-order valence-electron chi connectivity index (χ4n) is 2.49. The Balaban J connectivity index is 1.97. The maximum atomic E-state index is 12.5. The average molecular weight is 361 g/mol. The van der Waals surface area contributed by atoms with Crippen LogP contribution in [0.4, 0.5) is 0 Å². The van der Waals surface area contributed by atoms with E-state index in [2.05, 4.69) is 37.4 Å². The molecule has 0 unspecified atom stereocenters. The SMILES string of the molecule is Cc1ccc(CNCc2ccc(S(=O)(=O)N(C)C(C)C)cc2)cc1C.